The molecule has 0 heterocycles. The van der Waals surface area contributed by atoms with Crippen molar-refractivity contribution in [2.75, 3.05) is 0 Å². The van der Waals surface area contributed by atoms with Gasteiger partial charge in [-0.15, -0.1) is 0 Å². The zero-order valence-electron chi connectivity index (χ0n) is 10.9. The van der Waals surface area contributed by atoms with Crippen molar-refractivity contribution >= 4 is 15.7 Å². The molecule has 0 amide bonds. The van der Waals surface area contributed by atoms with Crippen molar-refractivity contribution in [3.8, 4) is 6.07 Å². The molecule has 2 rings (SSSR count). The summed E-state index contributed by atoms with van der Waals surface area (Å²) in [5.74, 6) is -1.22. The second-order valence-corrected chi connectivity index (χ2v) is 6.53. The van der Waals surface area contributed by atoms with Crippen LogP contribution in [-0.2, 0) is 10.0 Å². The minimum Gasteiger partial charge on any atom is -0.258 e. The topological polar surface area (TPSA) is 113 Å². The number of nitrogens with zero attached hydrogens (tertiary/aromatic N) is 2. The lowest BCUT2D eigenvalue weighted by Crippen LogP contribution is -2.45. The monoisotopic (exact) mass is 313 g/mol. The summed E-state index contributed by atoms with van der Waals surface area (Å²) in [5, 5.41) is 19.7. The van der Waals surface area contributed by atoms with Crippen LogP contribution in [0.5, 0.6) is 0 Å². The van der Waals surface area contributed by atoms with Crippen LogP contribution >= 0.6 is 0 Å². The lowest BCUT2D eigenvalue weighted by Gasteiger charge is -2.21. The van der Waals surface area contributed by atoms with Gasteiger partial charge in [0.2, 0.25) is 10.0 Å². The van der Waals surface area contributed by atoms with Crippen molar-refractivity contribution < 1.29 is 17.7 Å². The van der Waals surface area contributed by atoms with E-state index >= 15 is 0 Å². The highest BCUT2D eigenvalue weighted by Gasteiger charge is 2.39. The van der Waals surface area contributed by atoms with E-state index in [1.165, 1.54) is 0 Å². The molecule has 0 bridgehead atoms. The van der Waals surface area contributed by atoms with Crippen LogP contribution in [0.3, 0.4) is 0 Å². The third-order valence-corrected chi connectivity index (χ3v) is 4.99. The Morgan fingerprint density at radius 2 is 2.00 bits per heavy atom. The number of halogens is 1. The van der Waals surface area contributed by atoms with Crippen molar-refractivity contribution in [1.29, 1.82) is 5.26 Å². The van der Waals surface area contributed by atoms with E-state index in [1.807, 2.05) is 6.07 Å². The molecular weight excluding hydrogens is 301 g/mol. The average Bonchev–Trinajstić information content (AvgIpc) is 2.86. The number of rotatable bonds is 4. The van der Waals surface area contributed by atoms with Crippen LogP contribution in [-0.4, -0.2) is 18.9 Å². The SMILES string of the molecule is N#CC1(NS(=O)(=O)c2ccc([N+](=O)[O-])cc2F)CCCC1. The maximum absolute atomic E-state index is 13.8. The fourth-order valence-electron chi connectivity index (χ4n) is 2.35. The number of nitriles is 1. The van der Waals surface area contributed by atoms with E-state index in [2.05, 4.69) is 4.72 Å². The van der Waals surface area contributed by atoms with E-state index in [0.717, 1.165) is 12.1 Å². The van der Waals surface area contributed by atoms with Crippen molar-refractivity contribution in [2.24, 2.45) is 0 Å². The van der Waals surface area contributed by atoms with Crippen LogP contribution in [0.25, 0.3) is 0 Å². The van der Waals surface area contributed by atoms with Gasteiger partial charge in [-0.3, -0.25) is 10.1 Å². The second-order valence-electron chi connectivity index (χ2n) is 4.88. The third kappa shape index (κ3) is 3.01. The molecular formula is C12H12FN3O4S. The van der Waals surface area contributed by atoms with Crippen molar-refractivity contribution in [3.63, 3.8) is 0 Å². The van der Waals surface area contributed by atoms with Gasteiger partial charge in [0.1, 0.15) is 16.3 Å². The molecule has 1 aromatic carbocycles. The first-order valence-electron chi connectivity index (χ1n) is 6.19. The summed E-state index contributed by atoms with van der Waals surface area (Å²) in [4.78, 5) is 9.00. The molecule has 0 radical (unpaired) electrons. The van der Waals surface area contributed by atoms with Gasteiger partial charge in [-0.1, -0.05) is 12.8 Å². The average molecular weight is 313 g/mol. The molecule has 1 N–H and O–H groups in total. The van der Waals surface area contributed by atoms with E-state index in [0.29, 0.717) is 31.7 Å². The van der Waals surface area contributed by atoms with Gasteiger partial charge in [-0.25, -0.2) is 12.8 Å². The van der Waals surface area contributed by atoms with Gasteiger partial charge in [-0.05, 0) is 18.9 Å². The number of hydrogen-bond donors (Lipinski definition) is 1. The molecule has 7 nitrogen and oxygen atoms in total. The van der Waals surface area contributed by atoms with Gasteiger partial charge in [0.05, 0.1) is 17.1 Å². The van der Waals surface area contributed by atoms with Gasteiger partial charge < -0.3 is 0 Å². The standard InChI is InChI=1S/C12H12FN3O4S/c13-10-7-9(16(17)18)3-4-11(10)21(19,20)15-12(8-14)5-1-2-6-12/h3-4,7,15H,1-2,5-6H2. The normalized spacial score (nSPS) is 17.3. The Kier molecular flexibility index (Phi) is 3.93. The maximum atomic E-state index is 13.8. The lowest BCUT2D eigenvalue weighted by molar-refractivity contribution is -0.385. The molecule has 1 saturated carbocycles. The molecule has 112 valence electrons. The first-order valence-corrected chi connectivity index (χ1v) is 7.67. The van der Waals surface area contributed by atoms with E-state index in [-0.39, 0.29) is 0 Å². The molecule has 0 aliphatic heterocycles. The minimum atomic E-state index is -4.26. The van der Waals surface area contributed by atoms with Crippen LogP contribution in [0.2, 0.25) is 0 Å². The summed E-state index contributed by atoms with van der Waals surface area (Å²) in [6.07, 6.45) is 2.13. The van der Waals surface area contributed by atoms with Gasteiger partial charge in [0.15, 0.2) is 0 Å². The Morgan fingerprint density at radius 1 is 1.38 bits per heavy atom. The molecule has 9 heteroatoms. The van der Waals surface area contributed by atoms with Crippen molar-refractivity contribution in [1.82, 2.24) is 4.72 Å². The van der Waals surface area contributed by atoms with Crippen LogP contribution in [0.4, 0.5) is 10.1 Å². The predicted octanol–water partition coefficient (Wildman–Crippen LogP) is 1.85. The third-order valence-electron chi connectivity index (χ3n) is 3.42. The van der Waals surface area contributed by atoms with Crippen molar-refractivity contribution in [2.45, 2.75) is 36.1 Å². The fraction of sp³-hybridized carbons (Fsp3) is 0.417. The molecule has 0 aromatic heterocycles. The Hall–Kier alpha value is -2.05. The number of hydrogen-bond acceptors (Lipinski definition) is 5. The molecule has 0 spiro atoms. The van der Waals surface area contributed by atoms with Crippen LogP contribution < -0.4 is 4.72 Å². The largest absolute Gasteiger partial charge is 0.272 e. The number of nitro groups is 1. The molecule has 1 aliphatic rings. The quantitative estimate of drug-likeness (QED) is 0.673. The highest BCUT2D eigenvalue weighted by Crippen LogP contribution is 2.31. The molecule has 1 fully saturated rings. The van der Waals surface area contributed by atoms with Gasteiger partial charge in [-0.2, -0.15) is 9.98 Å². The van der Waals surface area contributed by atoms with Gasteiger partial charge in [0, 0.05) is 6.07 Å². The highest BCUT2D eigenvalue weighted by atomic mass is 32.2. The maximum Gasteiger partial charge on any atom is 0.272 e. The van der Waals surface area contributed by atoms with Crippen LogP contribution in [0.15, 0.2) is 23.1 Å². The predicted molar refractivity (Wildman–Crippen MR) is 70.2 cm³/mol. The van der Waals surface area contributed by atoms with Crippen molar-refractivity contribution in [3.05, 3.63) is 34.1 Å². The summed E-state index contributed by atoms with van der Waals surface area (Å²) >= 11 is 0. The van der Waals surface area contributed by atoms with Crippen LogP contribution in [0, 0.1) is 27.3 Å². The highest BCUT2D eigenvalue weighted by molar-refractivity contribution is 7.89. The summed E-state index contributed by atoms with van der Waals surface area (Å²) < 4.78 is 40.4. The smallest absolute Gasteiger partial charge is 0.258 e. The van der Waals surface area contributed by atoms with E-state index < -0.39 is 36.9 Å². The zero-order valence-corrected chi connectivity index (χ0v) is 11.7. The van der Waals surface area contributed by atoms with Gasteiger partial charge >= 0.3 is 0 Å². The molecule has 0 saturated heterocycles. The number of nitro benzene ring substituents is 1. The Morgan fingerprint density at radius 3 is 2.48 bits per heavy atom. The minimum absolute atomic E-state index is 0.358. The summed E-state index contributed by atoms with van der Waals surface area (Å²) in [6.45, 7) is 0. The Balaban J connectivity index is 2.36. The Labute approximate surface area is 120 Å². The first-order chi connectivity index (χ1) is 9.80. The van der Waals surface area contributed by atoms with Gasteiger partial charge in [0.25, 0.3) is 5.69 Å². The summed E-state index contributed by atoms with van der Waals surface area (Å²) in [7, 11) is -4.26. The Bertz CT molecular complexity index is 721. The number of benzene rings is 1. The zero-order chi connectivity index (χ0) is 15.7. The number of non-ortho nitro benzene ring substituents is 1. The molecule has 1 aliphatic carbocycles. The molecule has 0 unspecified atom stereocenters. The summed E-state index contributed by atoms with van der Waals surface area (Å²) in [6, 6.07) is 4.21. The van der Waals surface area contributed by atoms with E-state index in [1.54, 1.807) is 0 Å². The summed E-state index contributed by atoms with van der Waals surface area (Å²) in [5.41, 5.74) is -1.77. The lowest BCUT2D eigenvalue weighted by atomic mass is 10.0. The second kappa shape index (κ2) is 5.38. The number of nitrogens with one attached hydrogen (secondary N) is 1. The van der Waals surface area contributed by atoms with Crippen LogP contribution in [0.1, 0.15) is 25.7 Å². The molecule has 0 atom stereocenters. The fourth-order valence-corrected chi connectivity index (χ4v) is 3.79. The van der Waals surface area contributed by atoms with E-state index in [9.17, 15) is 22.9 Å². The molecule has 21 heavy (non-hydrogen) atoms. The molecule has 1 aromatic rings. The first kappa shape index (κ1) is 15.3. The van der Waals surface area contributed by atoms with E-state index in [4.69, 9.17) is 5.26 Å². The number of sulfonamides is 1.